The molecule has 1 aromatic heterocycles. The molecular formula is C48H83N3O18P2. The molecule has 21 nitrogen and oxygen atoms in total. The minimum Gasteiger partial charge on any atom is -0.462 e. The van der Waals surface area contributed by atoms with E-state index in [-0.39, 0.29) is 31.5 Å². The molecule has 3 rings (SSSR count). The van der Waals surface area contributed by atoms with Gasteiger partial charge in [0.2, 0.25) is 0 Å². The number of ketones is 1. The van der Waals surface area contributed by atoms with Gasteiger partial charge in [-0.15, -0.1) is 0 Å². The van der Waals surface area contributed by atoms with Gasteiger partial charge in [0.15, 0.2) is 6.10 Å². The van der Waals surface area contributed by atoms with Gasteiger partial charge in [-0.3, -0.25) is 28.0 Å². The summed E-state index contributed by atoms with van der Waals surface area (Å²) in [5, 5.41) is 45.7. The Bertz CT molecular complexity index is 1910. The summed E-state index contributed by atoms with van der Waals surface area (Å²) in [6.45, 7) is 1.50. The molecule has 3 heterocycles. The standard InChI is InChI=1S/C48H83N3O18P2/c1-3-5-7-8-9-10-11-12-13-14-15-16-21-25-43(55)64-32-36-33-65-70(60,61)69-71(62,63)66-34-41-46(58)45(57)37(28-27-35(52)23-19-6-4-2)39(53)31-40(54)38(24-20-17-18-22-26-44(56)67-36)47(68-41)51-30-29-42(49)50-48(51)59/h27-30,35-38,40-41,45-47,52,54,57-58H,3-26,31-34H2,1-2H3,(H,60,61)(H,62,63)(H2,49,50,59)/b28-27-/t35-,36+,37-,38-,40-,41+,45-,46+,47+/m0/s1. The molecule has 0 saturated carbocycles. The molecule has 11 atom stereocenters. The monoisotopic (exact) mass is 1050 g/mol. The summed E-state index contributed by atoms with van der Waals surface area (Å²) in [5.74, 6) is -5.01. The lowest BCUT2D eigenvalue weighted by atomic mass is 9.83. The van der Waals surface area contributed by atoms with E-state index in [9.17, 15) is 58.5 Å². The fourth-order valence-corrected chi connectivity index (χ4v) is 10.7. The van der Waals surface area contributed by atoms with Gasteiger partial charge in [-0.2, -0.15) is 9.29 Å². The molecule has 2 aliphatic rings. The number of anilines is 1. The molecule has 2 aliphatic heterocycles. The Morgan fingerprint density at radius 3 is 2.07 bits per heavy atom. The van der Waals surface area contributed by atoms with Crippen LogP contribution in [0.15, 0.2) is 29.2 Å². The molecule has 8 N–H and O–H groups in total. The summed E-state index contributed by atoms with van der Waals surface area (Å²) in [7, 11) is -11.3. The second-order valence-corrected chi connectivity index (χ2v) is 21.9. The van der Waals surface area contributed by atoms with Crippen molar-refractivity contribution in [2.45, 2.75) is 217 Å². The molecule has 0 spiro atoms. The number of nitrogens with two attached hydrogens (primary N) is 1. The van der Waals surface area contributed by atoms with Crippen molar-refractivity contribution < 1.29 is 81.3 Å². The maximum atomic E-state index is 13.9. The lowest BCUT2D eigenvalue weighted by molar-refractivity contribution is -0.188. The van der Waals surface area contributed by atoms with Gasteiger partial charge in [-0.25, -0.2) is 13.9 Å². The van der Waals surface area contributed by atoms with Gasteiger partial charge in [0.25, 0.3) is 0 Å². The van der Waals surface area contributed by atoms with Crippen molar-refractivity contribution in [3.05, 3.63) is 34.9 Å². The first-order valence-electron chi connectivity index (χ1n) is 25.8. The number of carbonyl (C=O) groups excluding carboxylic acids is 3. The summed E-state index contributed by atoms with van der Waals surface area (Å²) >= 11 is 0. The van der Waals surface area contributed by atoms with Crippen LogP contribution in [-0.4, -0.2) is 114 Å². The average molecular weight is 1050 g/mol. The van der Waals surface area contributed by atoms with Crippen LogP contribution in [0.5, 0.6) is 0 Å². The van der Waals surface area contributed by atoms with Gasteiger partial charge >= 0.3 is 33.3 Å². The number of hydrogen-bond donors (Lipinski definition) is 7. The number of phosphoric acid groups is 2. The number of aliphatic hydroxyl groups is 4. The lowest BCUT2D eigenvalue weighted by Gasteiger charge is -2.39. The largest absolute Gasteiger partial charge is 0.481 e. The summed E-state index contributed by atoms with van der Waals surface area (Å²) < 4.78 is 58.9. The van der Waals surface area contributed by atoms with E-state index in [2.05, 4.69) is 16.2 Å². The van der Waals surface area contributed by atoms with E-state index in [1.54, 1.807) is 0 Å². The summed E-state index contributed by atoms with van der Waals surface area (Å²) in [5.41, 5.74) is 4.78. The first-order valence-corrected chi connectivity index (χ1v) is 28.8. The Labute approximate surface area is 418 Å². The smallest absolute Gasteiger partial charge is 0.462 e. The van der Waals surface area contributed by atoms with Gasteiger partial charge in [0.1, 0.15) is 36.6 Å². The van der Waals surface area contributed by atoms with Crippen LogP contribution in [0.2, 0.25) is 0 Å². The van der Waals surface area contributed by atoms with Gasteiger partial charge < -0.3 is 50.2 Å². The Morgan fingerprint density at radius 1 is 0.845 bits per heavy atom. The van der Waals surface area contributed by atoms with Gasteiger partial charge in [0.05, 0.1) is 37.4 Å². The number of ether oxygens (including phenoxy) is 3. The maximum absolute atomic E-state index is 13.9. The van der Waals surface area contributed by atoms with E-state index in [1.807, 2.05) is 6.92 Å². The zero-order valence-electron chi connectivity index (χ0n) is 41.8. The molecule has 0 aromatic carbocycles. The van der Waals surface area contributed by atoms with Crippen LogP contribution in [-0.2, 0) is 51.1 Å². The number of cyclic esters (lactones) is 1. The van der Waals surface area contributed by atoms with E-state index in [4.69, 9.17) is 29.0 Å². The zero-order chi connectivity index (χ0) is 52.2. The maximum Gasteiger partial charge on any atom is 0.481 e. The molecular weight excluding hydrogens is 968 g/mol. The number of unbranched alkanes of at least 4 members (excludes halogenated alkanes) is 14. The third-order valence-corrected chi connectivity index (χ3v) is 15.3. The first kappa shape index (κ1) is 62.4. The number of nitrogen functional groups attached to an aromatic ring is 1. The van der Waals surface area contributed by atoms with E-state index in [0.29, 0.717) is 38.5 Å². The Hall–Kier alpha value is -2.91. The molecule has 2 bridgehead atoms. The predicted molar refractivity (Wildman–Crippen MR) is 262 cm³/mol. The van der Waals surface area contributed by atoms with Crippen LogP contribution >= 0.6 is 15.6 Å². The first-order chi connectivity index (χ1) is 33.9. The van der Waals surface area contributed by atoms with Gasteiger partial charge in [-0.05, 0) is 31.7 Å². The molecule has 2 saturated heterocycles. The topological polar surface area (TPSA) is 323 Å². The van der Waals surface area contributed by atoms with Gasteiger partial charge in [-0.1, -0.05) is 142 Å². The van der Waals surface area contributed by atoms with Crippen LogP contribution in [0.1, 0.15) is 181 Å². The Morgan fingerprint density at radius 2 is 1.44 bits per heavy atom. The molecule has 0 amide bonds. The van der Waals surface area contributed by atoms with Crippen molar-refractivity contribution in [3.8, 4) is 0 Å². The third-order valence-electron chi connectivity index (χ3n) is 12.7. The van der Waals surface area contributed by atoms with Crippen molar-refractivity contribution in [1.29, 1.82) is 0 Å². The summed E-state index contributed by atoms with van der Waals surface area (Å²) in [4.78, 5) is 78.0. The molecule has 0 aliphatic carbocycles. The van der Waals surface area contributed by atoms with E-state index < -0.39 is 120 Å². The Kier molecular flexibility index (Phi) is 29.7. The molecule has 2 fully saturated rings. The van der Waals surface area contributed by atoms with Crippen molar-refractivity contribution in [3.63, 3.8) is 0 Å². The van der Waals surface area contributed by atoms with Crippen molar-refractivity contribution in [2.24, 2.45) is 11.8 Å². The Balaban J connectivity index is 1.79. The number of aliphatic hydroxyl groups excluding tert-OH is 4. The highest BCUT2D eigenvalue weighted by molar-refractivity contribution is 7.61. The SMILES string of the molecule is CCCCCCCCCCCCCCCC(=O)OC[C@@H]1COP(=O)(O)OP(=O)(O)OC[C@H]2O[C@@H](n3ccc(N)nc3=O)[C@@H](CCCCCCC(=O)O1)[C@@H](O)CC(=O)[C@H](/C=C\[C@@H](O)CCCCC)[C@H](O)[C@@H]2O. The number of carbonyl (C=O) groups is 3. The van der Waals surface area contributed by atoms with Crippen molar-refractivity contribution in [1.82, 2.24) is 9.55 Å². The number of hydrogen-bond acceptors (Lipinski definition) is 18. The predicted octanol–water partition coefficient (Wildman–Crippen LogP) is 7.04. The lowest BCUT2D eigenvalue weighted by Crippen LogP contribution is -2.51. The fraction of sp³-hybridized carbons (Fsp3) is 0.812. The molecule has 1 aromatic rings. The van der Waals surface area contributed by atoms with Crippen molar-refractivity contribution in [2.75, 3.05) is 25.6 Å². The summed E-state index contributed by atoms with van der Waals surface area (Å²) in [6.07, 6.45) is 10.1. The van der Waals surface area contributed by atoms with Crippen molar-refractivity contribution >= 4 is 39.2 Å². The number of rotatable bonds is 23. The number of aromatic nitrogens is 2. The second kappa shape index (κ2) is 33.8. The number of esters is 2. The van der Waals surface area contributed by atoms with Crippen LogP contribution in [0.3, 0.4) is 0 Å². The van der Waals surface area contributed by atoms with Gasteiger partial charge in [0, 0.05) is 31.4 Å². The highest BCUT2D eigenvalue weighted by atomic mass is 31.3. The fourth-order valence-electron chi connectivity index (χ4n) is 8.63. The third kappa shape index (κ3) is 24.8. The van der Waals surface area contributed by atoms with Crippen LogP contribution in [0.4, 0.5) is 5.82 Å². The second-order valence-electron chi connectivity index (χ2n) is 18.8. The number of Topliss-reactive ketones (excluding diaryl/α,β-unsaturated/α-hetero) is 1. The number of nitrogens with zero attached hydrogens (tertiary/aromatic N) is 2. The molecule has 71 heavy (non-hydrogen) atoms. The van der Waals surface area contributed by atoms with E-state index >= 15 is 0 Å². The van der Waals surface area contributed by atoms with E-state index in [0.717, 1.165) is 43.1 Å². The highest BCUT2D eigenvalue weighted by Gasteiger charge is 2.45. The normalized spacial score (nSPS) is 29.6. The molecule has 0 radical (unpaired) electrons. The average Bonchev–Trinajstić information content (AvgIpc) is 3.30. The highest BCUT2D eigenvalue weighted by Crippen LogP contribution is 2.60. The molecule has 2 unspecified atom stereocenters. The molecule has 23 heteroatoms. The number of phosphoric ester groups is 2. The van der Waals surface area contributed by atoms with Crippen LogP contribution < -0.4 is 11.4 Å². The quantitative estimate of drug-likeness (QED) is 0.0250. The van der Waals surface area contributed by atoms with Crippen LogP contribution in [0, 0.1) is 11.8 Å². The van der Waals surface area contributed by atoms with Crippen LogP contribution in [0.25, 0.3) is 0 Å². The number of fused-ring (bicyclic) bond motifs is 3. The summed E-state index contributed by atoms with van der Waals surface area (Å²) in [6, 6.07) is 1.24. The minimum absolute atomic E-state index is 0.0582. The minimum atomic E-state index is -5.70. The molecule has 408 valence electrons. The van der Waals surface area contributed by atoms with E-state index in [1.165, 1.54) is 75.8 Å². The zero-order valence-corrected chi connectivity index (χ0v) is 43.5.